The van der Waals surface area contributed by atoms with Crippen LogP contribution in [0.5, 0.6) is 0 Å². The highest BCUT2D eigenvalue weighted by Gasteiger charge is 2.03. The van der Waals surface area contributed by atoms with Gasteiger partial charge in [-0.15, -0.1) is 0 Å². The summed E-state index contributed by atoms with van der Waals surface area (Å²) in [6.45, 7) is 3.79. The number of hydrogen-bond donors (Lipinski definition) is 0. The summed E-state index contributed by atoms with van der Waals surface area (Å²) in [6.07, 6.45) is 5.01. The van der Waals surface area contributed by atoms with E-state index in [0.29, 0.717) is 6.61 Å². The standard InChI is InChI=1S/C19H22BrIO/c1-2-3-4-5-10-22-14-15-11-17(13-19(21)12-15)16-6-8-18(20)9-7-16/h6-9,11-13H,2-5,10,14H2,1H3. The molecule has 118 valence electrons. The van der Waals surface area contributed by atoms with E-state index in [1.54, 1.807) is 0 Å². The van der Waals surface area contributed by atoms with E-state index in [-0.39, 0.29) is 0 Å². The van der Waals surface area contributed by atoms with Crippen LogP contribution in [0.1, 0.15) is 38.2 Å². The topological polar surface area (TPSA) is 9.23 Å². The number of ether oxygens (including phenoxy) is 1. The zero-order valence-electron chi connectivity index (χ0n) is 12.9. The molecule has 0 N–H and O–H groups in total. The Kier molecular flexibility index (Phi) is 7.90. The summed E-state index contributed by atoms with van der Waals surface area (Å²) in [7, 11) is 0. The Morgan fingerprint density at radius 3 is 2.45 bits per heavy atom. The predicted molar refractivity (Wildman–Crippen MR) is 106 cm³/mol. The Morgan fingerprint density at radius 1 is 0.955 bits per heavy atom. The van der Waals surface area contributed by atoms with Crippen LogP contribution >= 0.6 is 38.5 Å². The van der Waals surface area contributed by atoms with Crippen molar-refractivity contribution in [2.24, 2.45) is 0 Å². The number of halogens is 2. The van der Waals surface area contributed by atoms with Crippen LogP contribution in [0.4, 0.5) is 0 Å². The first-order chi connectivity index (χ1) is 10.7. The first kappa shape index (κ1) is 18.0. The second-order valence-corrected chi connectivity index (χ2v) is 7.63. The molecule has 2 aromatic rings. The van der Waals surface area contributed by atoms with Gasteiger partial charge in [-0.3, -0.25) is 0 Å². The molecule has 0 aliphatic carbocycles. The van der Waals surface area contributed by atoms with Crippen molar-refractivity contribution in [2.45, 2.75) is 39.2 Å². The number of rotatable bonds is 8. The van der Waals surface area contributed by atoms with Crippen LogP contribution in [0.15, 0.2) is 46.9 Å². The second-order valence-electron chi connectivity index (χ2n) is 5.47. The summed E-state index contributed by atoms with van der Waals surface area (Å²) in [6, 6.07) is 15.1. The highest BCUT2D eigenvalue weighted by molar-refractivity contribution is 14.1. The van der Waals surface area contributed by atoms with Crippen LogP contribution in [0.25, 0.3) is 11.1 Å². The molecule has 0 fully saturated rings. The summed E-state index contributed by atoms with van der Waals surface area (Å²) in [5, 5.41) is 0. The van der Waals surface area contributed by atoms with Gasteiger partial charge in [0, 0.05) is 14.6 Å². The Balaban J connectivity index is 1.96. The van der Waals surface area contributed by atoms with Gasteiger partial charge in [-0.1, -0.05) is 54.2 Å². The minimum Gasteiger partial charge on any atom is -0.377 e. The van der Waals surface area contributed by atoms with Crippen LogP contribution in [-0.2, 0) is 11.3 Å². The van der Waals surface area contributed by atoms with Gasteiger partial charge in [0.25, 0.3) is 0 Å². The lowest BCUT2D eigenvalue weighted by atomic mass is 10.0. The smallest absolute Gasteiger partial charge is 0.0717 e. The molecule has 0 saturated carbocycles. The van der Waals surface area contributed by atoms with Gasteiger partial charge in [-0.2, -0.15) is 0 Å². The third-order valence-electron chi connectivity index (χ3n) is 3.55. The largest absolute Gasteiger partial charge is 0.377 e. The van der Waals surface area contributed by atoms with E-state index in [1.807, 2.05) is 0 Å². The van der Waals surface area contributed by atoms with Crippen molar-refractivity contribution in [2.75, 3.05) is 6.61 Å². The lowest BCUT2D eigenvalue weighted by molar-refractivity contribution is 0.117. The Bertz CT molecular complexity index is 580. The molecule has 0 amide bonds. The van der Waals surface area contributed by atoms with Crippen molar-refractivity contribution in [3.05, 3.63) is 56.1 Å². The van der Waals surface area contributed by atoms with Gasteiger partial charge in [-0.05, 0) is 76.0 Å². The minimum absolute atomic E-state index is 0.701. The normalized spacial score (nSPS) is 10.9. The lowest BCUT2D eigenvalue weighted by Crippen LogP contribution is -1.96. The van der Waals surface area contributed by atoms with Crippen LogP contribution < -0.4 is 0 Å². The van der Waals surface area contributed by atoms with Gasteiger partial charge in [0.2, 0.25) is 0 Å². The van der Waals surface area contributed by atoms with Gasteiger partial charge in [0.1, 0.15) is 0 Å². The predicted octanol–water partition coefficient (Wildman–Crippen LogP) is 6.82. The average molecular weight is 473 g/mol. The summed E-state index contributed by atoms with van der Waals surface area (Å²) in [4.78, 5) is 0. The Labute approximate surface area is 155 Å². The van der Waals surface area contributed by atoms with Crippen molar-refractivity contribution in [1.82, 2.24) is 0 Å². The molecule has 22 heavy (non-hydrogen) atoms. The fourth-order valence-electron chi connectivity index (χ4n) is 2.36. The third kappa shape index (κ3) is 6.01. The van der Waals surface area contributed by atoms with Gasteiger partial charge < -0.3 is 4.74 Å². The Hall–Kier alpha value is -0.390. The lowest BCUT2D eigenvalue weighted by Gasteiger charge is -2.09. The van der Waals surface area contributed by atoms with E-state index in [1.165, 1.54) is 39.5 Å². The quantitative estimate of drug-likeness (QED) is 0.302. The molecule has 2 rings (SSSR count). The fraction of sp³-hybridized carbons (Fsp3) is 0.368. The minimum atomic E-state index is 0.701. The van der Waals surface area contributed by atoms with Gasteiger partial charge in [-0.25, -0.2) is 0 Å². The van der Waals surface area contributed by atoms with Gasteiger partial charge >= 0.3 is 0 Å². The second kappa shape index (κ2) is 9.68. The summed E-state index contributed by atoms with van der Waals surface area (Å²) in [5.41, 5.74) is 3.75. The van der Waals surface area contributed by atoms with E-state index in [4.69, 9.17) is 4.74 Å². The summed E-state index contributed by atoms with van der Waals surface area (Å²) < 4.78 is 8.18. The van der Waals surface area contributed by atoms with Crippen LogP contribution in [0.2, 0.25) is 0 Å². The first-order valence-electron chi connectivity index (χ1n) is 7.82. The number of hydrogen-bond acceptors (Lipinski definition) is 1. The monoisotopic (exact) mass is 472 g/mol. The Morgan fingerprint density at radius 2 is 1.73 bits per heavy atom. The van der Waals surface area contributed by atoms with Crippen molar-refractivity contribution in [3.63, 3.8) is 0 Å². The van der Waals surface area contributed by atoms with Crippen LogP contribution in [0, 0.1) is 3.57 Å². The molecule has 0 heterocycles. The van der Waals surface area contributed by atoms with E-state index < -0.39 is 0 Å². The van der Waals surface area contributed by atoms with Gasteiger partial charge in [0.15, 0.2) is 0 Å². The highest BCUT2D eigenvalue weighted by atomic mass is 127. The SMILES string of the molecule is CCCCCCOCc1cc(I)cc(-c2ccc(Br)cc2)c1. The molecule has 0 saturated heterocycles. The van der Waals surface area contributed by atoms with Crippen molar-refractivity contribution in [3.8, 4) is 11.1 Å². The zero-order valence-corrected chi connectivity index (χ0v) is 16.7. The number of unbranched alkanes of at least 4 members (excludes halogenated alkanes) is 3. The zero-order chi connectivity index (χ0) is 15.8. The summed E-state index contributed by atoms with van der Waals surface area (Å²) in [5.74, 6) is 0. The molecule has 0 radical (unpaired) electrons. The molecular formula is C19H22BrIO. The third-order valence-corrected chi connectivity index (χ3v) is 4.70. The molecule has 2 aromatic carbocycles. The summed E-state index contributed by atoms with van der Waals surface area (Å²) >= 11 is 5.86. The van der Waals surface area contributed by atoms with Crippen molar-refractivity contribution >= 4 is 38.5 Å². The van der Waals surface area contributed by atoms with Gasteiger partial charge in [0.05, 0.1) is 6.61 Å². The molecule has 1 nitrogen and oxygen atoms in total. The maximum Gasteiger partial charge on any atom is 0.0717 e. The van der Waals surface area contributed by atoms with Crippen molar-refractivity contribution in [1.29, 1.82) is 0 Å². The van der Waals surface area contributed by atoms with E-state index in [9.17, 15) is 0 Å². The molecule has 0 unspecified atom stereocenters. The molecule has 3 heteroatoms. The average Bonchev–Trinajstić information content (AvgIpc) is 2.51. The highest BCUT2D eigenvalue weighted by Crippen LogP contribution is 2.25. The van der Waals surface area contributed by atoms with E-state index in [0.717, 1.165) is 17.5 Å². The van der Waals surface area contributed by atoms with Crippen molar-refractivity contribution < 1.29 is 4.74 Å². The molecule has 0 aliphatic rings. The first-order valence-corrected chi connectivity index (χ1v) is 9.69. The fourth-order valence-corrected chi connectivity index (χ4v) is 3.36. The molecule has 0 spiro atoms. The van der Waals surface area contributed by atoms with E-state index >= 15 is 0 Å². The van der Waals surface area contributed by atoms with Crippen LogP contribution in [0.3, 0.4) is 0 Å². The number of benzene rings is 2. The van der Waals surface area contributed by atoms with Crippen LogP contribution in [-0.4, -0.2) is 6.61 Å². The molecule has 0 aliphatic heterocycles. The molecule has 0 bridgehead atoms. The molecule has 0 aromatic heterocycles. The molecule has 0 atom stereocenters. The molecular weight excluding hydrogens is 451 g/mol. The maximum absolute atomic E-state index is 5.82. The van der Waals surface area contributed by atoms with E-state index in [2.05, 4.69) is 87.9 Å². The maximum atomic E-state index is 5.82.